The van der Waals surface area contributed by atoms with Gasteiger partial charge in [-0.05, 0) is 24.6 Å². The molecule has 0 bridgehead atoms. The topological polar surface area (TPSA) is 41.0 Å². The van der Waals surface area contributed by atoms with Crippen molar-refractivity contribution < 1.29 is 0 Å². The van der Waals surface area contributed by atoms with Crippen molar-refractivity contribution in [1.82, 2.24) is 9.97 Å². The van der Waals surface area contributed by atoms with E-state index in [4.69, 9.17) is 4.98 Å². The van der Waals surface area contributed by atoms with E-state index in [9.17, 15) is 0 Å². The lowest BCUT2D eigenvalue weighted by atomic mass is 9.98. The summed E-state index contributed by atoms with van der Waals surface area (Å²) in [5, 5.41) is 6.11. The van der Waals surface area contributed by atoms with Crippen LogP contribution < -0.4 is 0 Å². The van der Waals surface area contributed by atoms with E-state index in [1.807, 2.05) is 17.5 Å². The second kappa shape index (κ2) is 6.00. The number of aliphatic imine (C=N–C) groups is 1. The Morgan fingerprint density at radius 2 is 1.79 bits per heavy atom. The summed E-state index contributed by atoms with van der Waals surface area (Å²) in [5.41, 5.74) is 5.39. The summed E-state index contributed by atoms with van der Waals surface area (Å²) in [6.07, 6.45) is 5.30. The molecule has 0 fully saturated rings. The van der Waals surface area contributed by atoms with Gasteiger partial charge < -0.3 is 4.98 Å². The zero-order chi connectivity index (χ0) is 19.5. The van der Waals surface area contributed by atoms with Gasteiger partial charge in [-0.25, -0.2) is 0 Å². The van der Waals surface area contributed by atoms with E-state index < -0.39 is 0 Å². The van der Waals surface area contributed by atoms with E-state index in [-0.39, 0.29) is 0 Å². The molecule has 6 rings (SSSR count). The van der Waals surface area contributed by atoms with Gasteiger partial charge in [0.25, 0.3) is 0 Å². The molecule has 0 radical (unpaired) electrons. The molecule has 29 heavy (non-hydrogen) atoms. The number of hydrogen-bond donors (Lipinski definition) is 1. The number of para-hydroxylation sites is 1. The fourth-order valence-corrected chi connectivity index (χ4v) is 5.59. The summed E-state index contributed by atoms with van der Waals surface area (Å²) in [5.74, 6) is 0. The Bertz CT molecular complexity index is 1630. The Morgan fingerprint density at radius 3 is 2.66 bits per heavy atom. The number of aromatic nitrogens is 2. The fourth-order valence-electron chi connectivity index (χ4n) is 4.38. The second-order valence-corrected chi connectivity index (χ2v) is 8.28. The molecular formula is C25H17N3S. The quantitative estimate of drug-likeness (QED) is 0.306. The number of rotatable bonds is 2. The molecule has 0 aliphatic carbocycles. The molecule has 0 unspecified atom stereocenters. The molecule has 0 aliphatic rings. The van der Waals surface area contributed by atoms with Crippen LogP contribution in [0.2, 0.25) is 0 Å². The van der Waals surface area contributed by atoms with Gasteiger partial charge in [0.15, 0.2) is 0 Å². The maximum atomic E-state index is 4.93. The number of aryl methyl sites for hydroxylation is 1. The van der Waals surface area contributed by atoms with Gasteiger partial charge in [0.1, 0.15) is 0 Å². The Morgan fingerprint density at radius 1 is 1.00 bits per heavy atom. The summed E-state index contributed by atoms with van der Waals surface area (Å²) in [6, 6.07) is 17.1. The summed E-state index contributed by atoms with van der Waals surface area (Å²) < 4.78 is 2.54. The summed E-state index contributed by atoms with van der Waals surface area (Å²) >= 11 is 1.83. The number of H-pyrrole nitrogens is 1. The van der Waals surface area contributed by atoms with E-state index in [2.05, 4.69) is 72.0 Å². The monoisotopic (exact) mass is 391 g/mol. The Labute approximate surface area is 171 Å². The first kappa shape index (κ1) is 16.5. The predicted octanol–water partition coefficient (Wildman–Crippen LogP) is 7.43. The van der Waals surface area contributed by atoms with E-state index in [1.54, 1.807) is 12.3 Å². The number of nitrogens with one attached hydrogen (secondary N) is 1. The van der Waals surface area contributed by atoms with Crippen LogP contribution in [-0.4, -0.2) is 16.2 Å². The van der Waals surface area contributed by atoms with Crippen molar-refractivity contribution >= 4 is 76.1 Å². The first-order chi connectivity index (χ1) is 14.3. The SMILES string of the molecule is C=C/C=N\c1cnc2c(c1C)c1c3ccccc3[nH]c1c1sc3ccccc3c21. The van der Waals surface area contributed by atoms with Crippen LogP contribution in [0.3, 0.4) is 0 Å². The molecule has 3 aromatic heterocycles. The molecule has 0 atom stereocenters. The van der Waals surface area contributed by atoms with Gasteiger partial charge in [0, 0.05) is 43.4 Å². The summed E-state index contributed by atoms with van der Waals surface area (Å²) in [6.45, 7) is 5.89. The zero-order valence-electron chi connectivity index (χ0n) is 15.9. The lowest BCUT2D eigenvalue weighted by molar-refractivity contribution is 1.35. The van der Waals surface area contributed by atoms with E-state index >= 15 is 0 Å². The van der Waals surface area contributed by atoms with Gasteiger partial charge in [-0.1, -0.05) is 49.1 Å². The van der Waals surface area contributed by atoms with Gasteiger partial charge >= 0.3 is 0 Å². The summed E-state index contributed by atoms with van der Waals surface area (Å²) in [4.78, 5) is 13.2. The van der Waals surface area contributed by atoms with E-state index in [0.29, 0.717) is 0 Å². The van der Waals surface area contributed by atoms with Crippen LogP contribution in [0.5, 0.6) is 0 Å². The zero-order valence-corrected chi connectivity index (χ0v) is 16.7. The minimum absolute atomic E-state index is 0.878. The number of thiophene rings is 1. The highest BCUT2D eigenvalue weighted by atomic mass is 32.1. The predicted molar refractivity (Wildman–Crippen MR) is 127 cm³/mol. The van der Waals surface area contributed by atoms with Gasteiger partial charge in [0.2, 0.25) is 0 Å². The van der Waals surface area contributed by atoms with Crippen molar-refractivity contribution in [1.29, 1.82) is 0 Å². The Kier molecular flexibility index (Phi) is 3.40. The van der Waals surface area contributed by atoms with Crippen molar-refractivity contribution in [2.24, 2.45) is 4.99 Å². The van der Waals surface area contributed by atoms with Gasteiger partial charge in [-0.3, -0.25) is 9.98 Å². The maximum Gasteiger partial charge on any atom is 0.0848 e. The molecule has 138 valence electrons. The maximum absolute atomic E-state index is 4.93. The average molecular weight is 391 g/mol. The first-order valence-electron chi connectivity index (χ1n) is 9.56. The molecule has 0 saturated heterocycles. The molecule has 1 N–H and O–H groups in total. The minimum atomic E-state index is 0.878. The minimum Gasteiger partial charge on any atom is -0.353 e. The van der Waals surface area contributed by atoms with Gasteiger partial charge in [-0.2, -0.15) is 0 Å². The van der Waals surface area contributed by atoms with Crippen molar-refractivity contribution in [3.8, 4) is 0 Å². The van der Waals surface area contributed by atoms with Gasteiger partial charge in [-0.15, -0.1) is 11.3 Å². The molecule has 3 nitrogen and oxygen atoms in total. The molecule has 3 aromatic carbocycles. The third-order valence-electron chi connectivity index (χ3n) is 5.65. The summed E-state index contributed by atoms with van der Waals surface area (Å²) in [7, 11) is 0. The Balaban J connectivity index is 1.97. The molecule has 0 aliphatic heterocycles. The van der Waals surface area contributed by atoms with Crippen molar-refractivity contribution in [3.63, 3.8) is 0 Å². The molecular weight excluding hydrogens is 374 g/mol. The second-order valence-electron chi connectivity index (χ2n) is 7.23. The number of benzene rings is 3. The highest BCUT2D eigenvalue weighted by Crippen LogP contribution is 2.46. The first-order valence-corrected chi connectivity index (χ1v) is 10.4. The molecule has 0 saturated carbocycles. The van der Waals surface area contributed by atoms with Crippen LogP contribution in [0.1, 0.15) is 5.56 Å². The molecule has 4 heteroatoms. The molecule has 0 amide bonds. The third-order valence-corrected chi connectivity index (χ3v) is 6.83. The van der Waals surface area contributed by atoms with Crippen LogP contribution in [0.15, 0.2) is 72.4 Å². The van der Waals surface area contributed by atoms with E-state index in [1.165, 1.54) is 41.8 Å². The van der Waals surface area contributed by atoms with Crippen LogP contribution in [0, 0.1) is 6.92 Å². The number of hydrogen-bond acceptors (Lipinski definition) is 3. The van der Waals surface area contributed by atoms with Crippen molar-refractivity contribution in [2.75, 3.05) is 0 Å². The molecule has 3 heterocycles. The van der Waals surface area contributed by atoms with Crippen LogP contribution in [0.25, 0.3) is 52.9 Å². The number of fused-ring (bicyclic) bond motifs is 10. The van der Waals surface area contributed by atoms with Gasteiger partial charge in [0.05, 0.1) is 27.6 Å². The highest BCUT2D eigenvalue weighted by Gasteiger charge is 2.20. The van der Waals surface area contributed by atoms with Crippen LogP contribution in [0.4, 0.5) is 5.69 Å². The lowest BCUT2D eigenvalue weighted by Gasteiger charge is -2.09. The number of aromatic amines is 1. The third kappa shape index (κ3) is 2.18. The number of pyridine rings is 1. The normalized spacial score (nSPS) is 12.3. The van der Waals surface area contributed by atoms with Crippen molar-refractivity contribution in [2.45, 2.75) is 6.92 Å². The molecule has 6 aromatic rings. The number of allylic oxidation sites excluding steroid dienone is 1. The smallest absolute Gasteiger partial charge is 0.0848 e. The largest absolute Gasteiger partial charge is 0.353 e. The molecule has 0 spiro atoms. The fraction of sp³-hybridized carbons (Fsp3) is 0.0400. The highest BCUT2D eigenvalue weighted by molar-refractivity contribution is 7.26. The average Bonchev–Trinajstić information content (AvgIpc) is 3.32. The standard InChI is InChI=1S/C25H17N3S/c1-3-12-26-18-13-27-23-20(14(18)2)21-15-8-4-6-10-17(15)28-24(21)25-22(23)16-9-5-7-11-19(16)29-25/h3-13,28H,1H2,2H3/b26-12-. The number of nitrogens with zero attached hydrogens (tertiary/aromatic N) is 2. The van der Waals surface area contributed by atoms with Crippen molar-refractivity contribution in [3.05, 3.63) is 72.9 Å². The van der Waals surface area contributed by atoms with Crippen LogP contribution in [-0.2, 0) is 0 Å². The lowest BCUT2D eigenvalue weighted by Crippen LogP contribution is -1.87. The van der Waals surface area contributed by atoms with Crippen LogP contribution >= 0.6 is 11.3 Å². The van der Waals surface area contributed by atoms with E-state index in [0.717, 1.165) is 22.3 Å². The Hall–Kier alpha value is -3.50.